The van der Waals surface area contributed by atoms with E-state index in [1.54, 1.807) is 17.8 Å². The van der Waals surface area contributed by atoms with Crippen molar-refractivity contribution in [3.05, 3.63) is 42.4 Å². The first-order valence-corrected chi connectivity index (χ1v) is 13.3. The smallest absolute Gasteiger partial charge is 0.257 e. The average molecular weight is 519 g/mol. The lowest BCUT2D eigenvalue weighted by atomic mass is 9.89. The predicted molar refractivity (Wildman–Crippen MR) is 144 cm³/mol. The van der Waals surface area contributed by atoms with Gasteiger partial charge in [0.15, 0.2) is 5.65 Å². The fourth-order valence-corrected chi connectivity index (χ4v) is 5.37. The third-order valence-electron chi connectivity index (χ3n) is 7.70. The monoisotopic (exact) mass is 518 g/mol. The van der Waals surface area contributed by atoms with Gasteiger partial charge in [-0.05, 0) is 31.4 Å². The Kier molecular flexibility index (Phi) is 6.96. The molecule has 1 aliphatic carbocycles. The second-order valence-electron chi connectivity index (χ2n) is 9.92. The largest absolute Gasteiger partial charge is 0.379 e. The van der Waals surface area contributed by atoms with Gasteiger partial charge in [0, 0.05) is 69.9 Å². The summed E-state index contributed by atoms with van der Waals surface area (Å²) in [6.07, 6.45) is 8.48. The van der Waals surface area contributed by atoms with Gasteiger partial charge in [-0.2, -0.15) is 9.61 Å². The molecule has 2 fully saturated rings. The standard InChI is InChI=1S/C27H34N8O3/c1-28-24-15-22(31-26-20(17-30-35(24)26)27(36)32-21-6-7-23(21)37-2)19-16-29-25-18(19)5-3-9-34(25)10-4-8-33-11-13-38-14-12-33/h3,5,9,15-17,21,23,28H,4,6-8,10-14H2,1-2H3,(H,32,36)/t21?,23-/m1/s1. The summed E-state index contributed by atoms with van der Waals surface area (Å²) < 4.78 is 14.8. The predicted octanol–water partition coefficient (Wildman–Crippen LogP) is 2.37. The van der Waals surface area contributed by atoms with Crippen LogP contribution >= 0.6 is 0 Å². The first kappa shape index (κ1) is 24.8. The molecule has 0 spiro atoms. The van der Waals surface area contributed by atoms with Crippen LogP contribution in [0.25, 0.3) is 28.3 Å². The minimum absolute atomic E-state index is 0.0105. The molecule has 2 N–H and O–H groups in total. The minimum atomic E-state index is -0.193. The number of pyridine rings is 1. The van der Waals surface area contributed by atoms with Crippen molar-refractivity contribution in [2.24, 2.45) is 0 Å². The fraction of sp³-hybridized carbons (Fsp3) is 0.481. The molecule has 0 radical (unpaired) electrons. The summed E-state index contributed by atoms with van der Waals surface area (Å²) in [6.45, 7) is 5.56. The number of rotatable bonds is 9. The zero-order valence-electron chi connectivity index (χ0n) is 21.9. The summed E-state index contributed by atoms with van der Waals surface area (Å²) in [4.78, 5) is 25.3. The molecule has 38 heavy (non-hydrogen) atoms. The number of carbonyl (C=O) groups excluding carboxylic acids is 1. The highest BCUT2D eigenvalue weighted by molar-refractivity contribution is 6.00. The molecule has 11 nitrogen and oxygen atoms in total. The van der Waals surface area contributed by atoms with Crippen LogP contribution in [0.2, 0.25) is 0 Å². The van der Waals surface area contributed by atoms with E-state index in [9.17, 15) is 4.79 Å². The van der Waals surface area contributed by atoms with Crippen LogP contribution in [0.5, 0.6) is 0 Å². The van der Waals surface area contributed by atoms with Crippen LogP contribution in [0.3, 0.4) is 0 Å². The Balaban J connectivity index is 1.26. The first-order valence-electron chi connectivity index (χ1n) is 13.3. The number of anilines is 1. The molecule has 4 aliphatic rings. The van der Waals surface area contributed by atoms with Crippen LogP contribution in [0.4, 0.5) is 5.82 Å². The number of morpholine rings is 1. The molecule has 2 atom stereocenters. The molecule has 0 aromatic carbocycles. The van der Waals surface area contributed by atoms with Gasteiger partial charge in [-0.15, -0.1) is 0 Å². The second-order valence-corrected chi connectivity index (χ2v) is 9.92. The third-order valence-corrected chi connectivity index (χ3v) is 7.70. The van der Waals surface area contributed by atoms with Gasteiger partial charge >= 0.3 is 0 Å². The quantitative estimate of drug-likeness (QED) is 0.348. The van der Waals surface area contributed by atoms with Gasteiger partial charge in [0.25, 0.3) is 5.91 Å². The number of nitrogens with one attached hydrogen (secondary N) is 2. The van der Waals surface area contributed by atoms with Gasteiger partial charge in [-0.1, -0.05) is 0 Å². The summed E-state index contributed by atoms with van der Waals surface area (Å²) in [6, 6.07) is 6.09. The molecular weight excluding hydrogens is 484 g/mol. The summed E-state index contributed by atoms with van der Waals surface area (Å²) in [5, 5.41) is 10.7. The van der Waals surface area contributed by atoms with Crippen molar-refractivity contribution in [2.75, 3.05) is 52.3 Å². The number of hydrogen-bond acceptors (Lipinski definition) is 8. The Bertz CT molecular complexity index is 1390. The number of carbonyl (C=O) groups is 1. The van der Waals surface area contributed by atoms with Crippen LogP contribution in [0.1, 0.15) is 29.6 Å². The number of hydrogen-bond donors (Lipinski definition) is 2. The van der Waals surface area contributed by atoms with Crippen LogP contribution < -0.4 is 10.6 Å². The van der Waals surface area contributed by atoms with Crippen molar-refractivity contribution in [1.82, 2.24) is 34.4 Å². The van der Waals surface area contributed by atoms with E-state index < -0.39 is 0 Å². The summed E-state index contributed by atoms with van der Waals surface area (Å²) in [5.74, 6) is 1.48. The maximum atomic E-state index is 13.1. The number of methoxy groups -OCH3 is 1. The summed E-state index contributed by atoms with van der Waals surface area (Å²) in [7, 11) is 3.51. The Morgan fingerprint density at radius 1 is 1.18 bits per heavy atom. The first-order chi connectivity index (χ1) is 18.7. The van der Waals surface area contributed by atoms with Crippen LogP contribution in [-0.2, 0) is 16.0 Å². The van der Waals surface area contributed by atoms with E-state index in [1.165, 1.54) is 0 Å². The van der Waals surface area contributed by atoms with E-state index >= 15 is 0 Å². The Morgan fingerprint density at radius 3 is 2.82 bits per heavy atom. The van der Waals surface area contributed by atoms with E-state index in [4.69, 9.17) is 19.4 Å². The number of ether oxygens (including phenoxy) is 2. The van der Waals surface area contributed by atoms with Gasteiger partial charge in [0.1, 0.15) is 17.2 Å². The number of aryl methyl sites for hydroxylation is 1. The molecule has 2 aromatic rings. The van der Waals surface area contributed by atoms with Gasteiger partial charge in [0.05, 0.1) is 37.3 Å². The van der Waals surface area contributed by atoms with E-state index in [1.807, 2.05) is 19.3 Å². The molecule has 1 unspecified atom stereocenters. The highest BCUT2D eigenvalue weighted by Gasteiger charge is 2.33. The summed E-state index contributed by atoms with van der Waals surface area (Å²) >= 11 is 0. The number of fused-ring (bicyclic) bond motifs is 2. The molecule has 5 heterocycles. The van der Waals surface area contributed by atoms with Crippen molar-refractivity contribution in [2.45, 2.75) is 38.0 Å². The zero-order valence-corrected chi connectivity index (χ0v) is 21.9. The van der Waals surface area contributed by atoms with Gasteiger partial charge < -0.3 is 24.7 Å². The number of amides is 1. The topological polar surface area (TPSA) is 111 Å². The molecule has 1 amide bonds. The lowest BCUT2D eigenvalue weighted by molar-refractivity contribution is 0.00732. The van der Waals surface area contributed by atoms with E-state index in [0.29, 0.717) is 11.2 Å². The van der Waals surface area contributed by atoms with Gasteiger partial charge in [0.2, 0.25) is 0 Å². The molecule has 6 rings (SSSR count). The van der Waals surface area contributed by atoms with Gasteiger partial charge in [-0.3, -0.25) is 9.69 Å². The van der Waals surface area contributed by atoms with Crippen molar-refractivity contribution in [1.29, 1.82) is 0 Å². The molecule has 0 bridgehead atoms. The van der Waals surface area contributed by atoms with Crippen LogP contribution in [0.15, 0.2) is 36.8 Å². The molecule has 11 heteroatoms. The number of aromatic nitrogens is 5. The molecule has 2 aromatic heterocycles. The third kappa shape index (κ3) is 4.61. The van der Waals surface area contributed by atoms with Crippen molar-refractivity contribution in [3.63, 3.8) is 0 Å². The SMILES string of the molecule is CNc1cc(-c2cnc3n(CCCN4CCOCC4)cccc2-3)nc2c(C(=O)NC3CC[C@H]3OC)cnn12. The highest BCUT2D eigenvalue weighted by atomic mass is 16.5. The highest BCUT2D eigenvalue weighted by Crippen LogP contribution is 2.34. The van der Waals surface area contributed by atoms with Crippen LogP contribution in [-0.4, -0.2) is 94.1 Å². The average Bonchev–Trinajstić information content (AvgIpc) is 3.56. The molecule has 200 valence electrons. The normalized spacial score (nSPS) is 20.1. The zero-order chi connectivity index (χ0) is 26.1. The molecule has 1 saturated carbocycles. The number of nitrogens with zero attached hydrogens (tertiary/aromatic N) is 6. The maximum Gasteiger partial charge on any atom is 0.257 e. The van der Waals surface area contributed by atoms with Crippen molar-refractivity contribution >= 4 is 17.4 Å². The van der Waals surface area contributed by atoms with Gasteiger partial charge in [-0.25, -0.2) is 9.97 Å². The lowest BCUT2D eigenvalue weighted by Crippen LogP contribution is -2.51. The Labute approximate surface area is 221 Å². The fourth-order valence-electron chi connectivity index (χ4n) is 5.37. The maximum absolute atomic E-state index is 13.1. The molecule has 3 aliphatic heterocycles. The Morgan fingerprint density at radius 2 is 2.05 bits per heavy atom. The van der Waals surface area contributed by atoms with E-state index in [0.717, 1.165) is 87.1 Å². The van der Waals surface area contributed by atoms with Crippen molar-refractivity contribution < 1.29 is 14.3 Å². The lowest BCUT2D eigenvalue weighted by Gasteiger charge is -2.35. The molecule has 1 saturated heterocycles. The van der Waals surface area contributed by atoms with E-state index in [2.05, 4.69) is 43.5 Å². The second kappa shape index (κ2) is 10.7. The Hall–Kier alpha value is -3.54. The minimum Gasteiger partial charge on any atom is -0.379 e. The van der Waals surface area contributed by atoms with Crippen molar-refractivity contribution in [3.8, 4) is 22.6 Å². The van der Waals surface area contributed by atoms with E-state index in [-0.39, 0.29) is 18.1 Å². The molecular formula is C27H34N8O3. The van der Waals surface area contributed by atoms with Crippen LogP contribution in [0, 0.1) is 0 Å². The summed E-state index contributed by atoms with van der Waals surface area (Å²) in [5.41, 5.74) is 3.63.